The molecule has 6 heteroatoms. The number of fused-ring (bicyclic) bond motifs is 1. The number of rotatable bonds is 4. The third-order valence-electron chi connectivity index (χ3n) is 3.59. The van der Waals surface area contributed by atoms with Gasteiger partial charge in [0.05, 0.1) is 34.9 Å². The number of imidazole rings is 1. The zero-order valence-electron chi connectivity index (χ0n) is 12.0. The van der Waals surface area contributed by atoms with E-state index < -0.39 is 0 Å². The second-order valence-electron chi connectivity index (χ2n) is 5.05. The van der Waals surface area contributed by atoms with Crippen molar-refractivity contribution in [3.05, 3.63) is 57.8 Å². The van der Waals surface area contributed by atoms with Crippen molar-refractivity contribution in [2.75, 3.05) is 5.32 Å². The van der Waals surface area contributed by atoms with Crippen LogP contribution in [-0.2, 0) is 20.2 Å². The molecule has 0 aliphatic rings. The minimum atomic E-state index is -0.0172. The highest BCUT2D eigenvalue weighted by Gasteiger charge is 2.09. The summed E-state index contributed by atoms with van der Waals surface area (Å²) >= 11 is 12.2. The van der Waals surface area contributed by atoms with Crippen molar-refractivity contribution in [1.82, 2.24) is 9.55 Å². The summed E-state index contributed by atoms with van der Waals surface area (Å²) in [7, 11) is 1.96. The lowest BCUT2D eigenvalue weighted by Crippen LogP contribution is -2.06. The average Bonchev–Trinajstić information content (AvgIpc) is 2.82. The first-order valence-electron chi connectivity index (χ1n) is 6.82. The van der Waals surface area contributed by atoms with Gasteiger partial charge in [-0.1, -0.05) is 29.3 Å². The first kappa shape index (κ1) is 15.2. The number of aliphatic hydroxyl groups excluding tert-OH is 1. The van der Waals surface area contributed by atoms with E-state index >= 15 is 0 Å². The maximum Gasteiger partial charge on any atom is 0.128 e. The number of nitrogens with zero attached hydrogens (tertiary/aromatic N) is 2. The highest BCUT2D eigenvalue weighted by Crippen LogP contribution is 2.25. The van der Waals surface area contributed by atoms with Crippen molar-refractivity contribution >= 4 is 39.9 Å². The van der Waals surface area contributed by atoms with Gasteiger partial charge < -0.3 is 15.0 Å². The Balaban J connectivity index is 1.86. The zero-order valence-corrected chi connectivity index (χ0v) is 13.5. The summed E-state index contributed by atoms with van der Waals surface area (Å²) in [5, 5.41) is 13.7. The predicted octanol–water partition coefficient (Wildman–Crippen LogP) is 3.98. The molecule has 0 fully saturated rings. The number of nitrogens with one attached hydrogen (secondary N) is 1. The van der Waals surface area contributed by atoms with Crippen LogP contribution >= 0.6 is 23.2 Å². The Labute approximate surface area is 138 Å². The molecule has 0 spiro atoms. The van der Waals surface area contributed by atoms with E-state index in [4.69, 9.17) is 23.2 Å². The number of hydrogen-bond donors (Lipinski definition) is 2. The van der Waals surface area contributed by atoms with Crippen LogP contribution in [0.1, 0.15) is 11.4 Å². The molecule has 22 heavy (non-hydrogen) atoms. The molecule has 3 aromatic rings. The summed E-state index contributed by atoms with van der Waals surface area (Å²) in [6.45, 7) is 0.508. The minimum absolute atomic E-state index is 0.0172. The largest absolute Gasteiger partial charge is 0.392 e. The third kappa shape index (κ3) is 2.90. The maximum atomic E-state index is 9.20. The van der Waals surface area contributed by atoms with E-state index in [1.54, 1.807) is 12.1 Å². The smallest absolute Gasteiger partial charge is 0.128 e. The summed E-state index contributed by atoms with van der Waals surface area (Å²) in [4.78, 5) is 4.58. The van der Waals surface area contributed by atoms with Crippen molar-refractivity contribution in [3.8, 4) is 0 Å². The van der Waals surface area contributed by atoms with Gasteiger partial charge in [-0.2, -0.15) is 0 Å². The van der Waals surface area contributed by atoms with Gasteiger partial charge in [-0.3, -0.25) is 0 Å². The molecule has 2 N–H and O–H groups in total. The number of hydrogen-bond acceptors (Lipinski definition) is 3. The molecule has 0 unspecified atom stereocenters. The van der Waals surface area contributed by atoms with Crippen LogP contribution in [0.15, 0.2) is 36.4 Å². The van der Waals surface area contributed by atoms with Crippen LogP contribution in [0.25, 0.3) is 11.0 Å². The first-order chi connectivity index (χ1) is 10.6. The summed E-state index contributed by atoms with van der Waals surface area (Å²) < 4.78 is 2.02. The van der Waals surface area contributed by atoms with E-state index in [-0.39, 0.29) is 6.61 Å². The molecule has 2 aromatic carbocycles. The van der Waals surface area contributed by atoms with Crippen LogP contribution in [0, 0.1) is 0 Å². The normalized spacial score (nSPS) is 11.1. The molecule has 114 valence electrons. The Hall–Kier alpha value is -1.75. The molecule has 4 nitrogen and oxygen atoms in total. The summed E-state index contributed by atoms with van der Waals surface area (Å²) in [5.74, 6) is 0.878. The van der Waals surface area contributed by atoms with Crippen LogP contribution in [0.2, 0.25) is 10.0 Å². The fourth-order valence-electron chi connectivity index (χ4n) is 2.36. The Morgan fingerprint density at radius 3 is 2.77 bits per heavy atom. The van der Waals surface area contributed by atoms with Crippen LogP contribution < -0.4 is 5.32 Å². The van der Waals surface area contributed by atoms with Gasteiger partial charge in [0.15, 0.2) is 0 Å². The van der Waals surface area contributed by atoms with E-state index in [1.165, 1.54) is 0 Å². The zero-order chi connectivity index (χ0) is 15.7. The molecule has 1 aromatic heterocycles. The molecule has 3 rings (SSSR count). The van der Waals surface area contributed by atoms with Crippen LogP contribution in [-0.4, -0.2) is 14.7 Å². The monoisotopic (exact) mass is 335 g/mol. The van der Waals surface area contributed by atoms with E-state index in [9.17, 15) is 5.11 Å². The van der Waals surface area contributed by atoms with Gasteiger partial charge >= 0.3 is 0 Å². The van der Waals surface area contributed by atoms with Gasteiger partial charge in [0, 0.05) is 12.1 Å². The number of aromatic nitrogens is 2. The lowest BCUT2D eigenvalue weighted by molar-refractivity contribution is 0.282. The van der Waals surface area contributed by atoms with E-state index in [0.29, 0.717) is 16.6 Å². The second kappa shape index (κ2) is 6.16. The molecule has 1 heterocycles. The second-order valence-corrected chi connectivity index (χ2v) is 5.89. The SMILES string of the molecule is Cn1c(CNc2cc(CO)ccc2Cl)nc2cc(Cl)ccc21. The van der Waals surface area contributed by atoms with Gasteiger partial charge in [0.25, 0.3) is 0 Å². The summed E-state index contributed by atoms with van der Waals surface area (Å²) in [6.07, 6.45) is 0. The molecule has 0 saturated carbocycles. The van der Waals surface area contributed by atoms with Gasteiger partial charge in [-0.15, -0.1) is 0 Å². The highest BCUT2D eigenvalue weighted by molar-refractivity contribution is 6.33. The van der Waals surface area contributed by atoms with Gasteiger partial charge in [0.2, 0.25) is 0 Å². The minimum Gasteiger partial charge on any atom is -0.392 e. The van der Waals surface area contributed by atoms with Gasteiger partial charge in [-0.05, 0) is 35.9 Å². The molecular weight excluding hydrogens is 321 g/mol. The quantitative estimate of drug-likeness (QED) is 0.758. The van der Waals surface area contributed by atoms with Crippen LogP contribution in [0.4, 0.5) is 5.69 Å². The highest BCUT2D eigenvalue weighted by atomic mass is 35.5. The fraction of sp³-hybridized carbons (Fsp3) is 0.188. The van der Waals surface area contributed by atoms with Crippen molar-refractivity contribution in [1.29, 1.82) is 0 Å². The van der Waals surface area contributed by atoms with Crippen molar-refractivity contribution in [3.63, 3.8) is 0 Å². The predicted molar refractivity (Wildman–Crippen MR) is 90.4 cm³/mol. The first-order valence-corrected chi connectivity index (χ1v) is 7.58. The lowest BCUT2D eigenvalue weighted by atomic mass is 10.2. The van der Waals surface area contributed by atoms with E-state index in [1.807, 2.05) is 35.9 Å². The van der Waals surface area contributed by atoms with Crippen LogP contribution in [0.5, 0.6) is 0 Å². The topological polar surface area (TPSA) is 50.1 Å². The molecule has 0 bridgehead atoms. The Morgan fingerprint density at radius 1 is 1.18 bits per heavy atom. The Bertz CT molecular complexity index is 830. The van der Waals surface area contributed by atoms with E-state index in [2.05, 4.69) is 10.3 Å². The number of aryl methyl sites for hydroxylation is 1. The van der Waals surface area contributed by atoms with Crippen molar-refractivity contribution < 1.29 is 5.11 Å². The fourth-order valence-corrected chi connectivity index (χ4v) is 2.71. The van der Waals surface area contributed by atoms with Crippen molar-refractivity contribution in [2.24, 2.45) is 7.05 Å². The molecule has 0 saturated heterocycles. The number of halogens is 2. The number of benzene rings is 2. The maximum absolute atomic E-state index is 9.20. The molecule has 0 atom stereocenters. The van der Waals surface area contributed by atoms with E-state index in [0.717, 1.165) is 28.1 Å². The van der Waals surface area contributed by atoms with Gasteiger partial charge in [-0.25, -0.2) is 4.98 Å². The number of anilines is 1. The molecule has 0 aliphatic carbocycles. The Morgan fingerprint density at radius 2 is 2.00 bits per heavy atom. The molecule has 0 radical (unpaired) electrons. The van der Waals surface area contributed by atoms with Gasteiger partial charge in [0.1, 0.15) is 5.82 Å². The van der Waals surface area contributed by atoms with Crippen LogP contribution in [0.3, 0.4) is 0 Å². The molecule has 0 aliphatic heterocycles. The summed E-state index contributed by atoms with van der Waals surface area (Å²) in [5.41, 5.74) is 3.47. The lowest BCUT2D eigenvalue weighted by Gasteiger charge is -2.10. The number of aliphatic hydroxyl groups is 1. The molecular formula is C16H15Cl2N3O. The molecule has 0 amide bonds. The Kier molecular flexibility index (Phi) is 4.25. The van der Waals surface area contributed by atoms with Crippen molar-refractivity contribution in [2.45, 2.75) is 13.2 Å². The average molecular weight is 336 g/mol. The third-order valence-corrected chi connectivity index (χ3v) is 4.15. The standard InChI is InChI=1S/C16H15Cl2N3O/c1-21-15-5-3-11(17)7-14(15)20-16(21)8-19-13-6-10(9-22)2-4-12(13)18/h2-7,19,22H,8-9H2,1H3. The summed E-state index contributed by atoms with van der Waals surface area (Å²) in [6, 6.07) is 11.0.